The van der Waals surface area contributed by atoms with Gasteiger partial charge < -0.3 is 10.6 Å². The summed E-state index contributed by atoms with van der Waals surface area (Å²) < 4.78 is 13.1. The summed E-state index contributed by atoms with van der Waals surface area (Å²) in [4.78, 5) is 12.1. The Balaban J connectivity index is 1.69. The summed E-state index contributed by atoms with van der Waals surface area (Å²) in [7, 11) is 0. The van der Waals surface area contributed by atoms with Crippen LogP contribution >= 0.6 is 11.6 Å². The van der Waals surface area contributed by atoms with Crippen molar-refractivity contribution in [3.63, 3.8) is 0 Å². The third kappa shape index (κ3) is 4.30. The Bertz CT molecular complexity index is 915. The third-order valence-corrected chi connectivity index (χ3v) is 3.83. The zero-order valence-electron chi connectivity index (χ0n) is 13.3. The van der Waals surface area contributed by atoms with Crippen molar-refractivity contribution in [1.82, 2.24) is 10.2 Å². The number of nitrogens with zero attached hydrogens (tertiary/aromatic N) is 2. The molecule has 126 valence electrons. The highest BCUT2D eigenvalue weighted by molar-refractivity contribution is 6.31. The van der Waals surface area contributed by atoms with Gasteiger partial charge in [-0.2, -0.15) is 0 Å². The predicted octanol–water partition coefficient (Wildman–Crippen LogP) is 4.57. The first-order valence-electron chi connectivity index (χ1n) is 7.45. The molecule has 1 heterocycles. The largest absolute Gasteiger partial charge is 0.339 e. The van der Waals surface area contributed by atoms with Crippen LogP contribution in [-0.4, -0.2) is 16.1 Å². The maximum Gasteiger partial charge on any atom is 0.276 e. The summed E-state index contributed by atoms with van der Waals surface area (Å²) in [6.45, 7) is 1.91. The number of hydrogen-bond acceptors (Lipinski definition) is 4. The van der Waals surface area contributed by atoms with Crippen LogP contribution in [0.4, 0.5) is 21.6 Å². The van der Waals surface area contributed by atoms with Crippen LogP contribution < -0.4 is 10.6 Å². The average Bonchev–Trinajstić information content (AvgIpc) is 2.59. The summed E-state index contributed by atoms with van der Waals surface area (Å²) >= 11 is 6.08. The third-order valence-electron chi connectivity index (χ3n) is 3.42. The normalized spacial score (nSPS) is 10.4. The Labute approximate surface area is 148 Å². The molecule has 1 aromatic heterocycles. The topological polar surface area (TPSA) is 66.9 Å². The fourth-order valence-corrected chi connectivity index (χ4v) is 2.28. The van der Waals surface area contributed by atoms with E-state index in [4.69, 9.17) is 11.6 Å². The molecule has 0 aliphatic rings. The van der Waals surface area contributed by atoms with E-state index in [0.717, 1.165) is 11.3 Å². The molecule has 3 aromatic rings. The van der Waals surface area contributed by atoms with E-state index in [9.17, 15) is 9.18 Å². The number of carbonyl (C=O) groups excluding carboxylic acids is 1. The summed E-state index contributed by atoms with van der Waals surface area (Å²) in [5.41, 5.74) is 2.21. The molecule has 0 fully saturated rings. The van der Waals surface area contributed by atoms with Gasteiger partial charge in [-0.05, 0) is 55.0 Å². The molecule has 0 atom stereocenters. The molecule has 2 N–H and O–H groups in total. The second-order valence-corrected chi connectivity index (χ2v) is 5.76. The van der Waals surface area contributed by atoms with Crippen molar-refractivity contribution in [2.75, 3.05) is 10.6 Å². The number of nitrogens with one attached hydrogen (secondary N) is 2. The summed E-state index contributed by atoms with van der Waals surface area (Å²) in [5, 5.41) is 14.1. The van der Waals surface area contributed by atoms with E-state index in [1.54, 1.807) is 18.2 Å². The van der Waals surface area contributed by atoms with Crippen molar-refractivity contribution in [2.24, 2.45) is 0 Å². The number of anilines is 3. The van der Waals surface area contributed by atoms with Gasteiger partial charge in [0.15, 0.2) is 11.5 Å². The number of aromatic nitrogens is 2. The number of rotatable bonds is 4. The molecule has 0 radical (unpaired) electrons. The number of amides is 1. The summed E-state index contributed by atoms with van der Waals surface area (Å²) in [5.74, 6) is -0.426. The van der Waals surface area contributed by atoms with E-state index >= 15 is 0 Å². The van der Waals surface area contributed by atoms with Crippen molar-refractivity contribution in [3.05, 3.63) is 76.7 Å². The summed E-state index contributed by atoms with van der Waals surface area (Å²) in [6, 6.07) is 14.3. The lowest BCUT2D eigenvalue weighted by molar-refractivity contribution is 0.102. The van der Waals surface area contributed by atoms with Crippen LogP contribution in [0.15, 0.2) is 54.6 Å². The van der Waals surface area contributed by atoms with Gasteiger partial charge in [-0.3, -0.25) is 4.79 Å². The van der Waals surface area contributed by atoms with E-state index in [0.29, 0.717) is 16.5 Å². The zero-order valence-corrected chi connectivity index (χ0v) is 14.0. The van der Waals surface area contributed by atoms with Gasteiger partial charge in [0.05, 0.1) is 0 Å². The van der Waals surface area contributed by atoms with Gasteiger partial charge in [0.1, 0.15) is 5.82 Å². The highest BCUT2D eigenvalue weighted by atomic mass is 35.5. The van der Waals surface area contributed by atoms with Crippen LogP contribution in [0.5, 0.6) is 0 Å². The molecule has 1 amide bonds. The molecule has 0 spiro atoms. The number of halogens is 2. The van der Waals surface area contributed by atoms with Crippen molar-refractivity contribution in [3.8, 4) is 0 Å². The molecule has 0 aliphatic carbocycles. The fraction of sp³-hybridized carbons (Fsp3) is 0.0556. The van der Waals surface area contributed by atoms with Gasteiger partial charge in [0.25, 0.3) is 5.91 Å². The Kier molecular flexibility index (Phi) is 4.90. The van der Waals surface area contributed by atoms with Crippen LogP contribution in [0, 0.1) is 12.7 Å². The highest BCUT2D eigenvalue weighted by Crippen LogP contribution is 2.22. The molecule has 3 rings (SSSR count). The van der Waals surface area contributed by atoms with Gasteiger partial charge >= 0.3 is 0 Å². The standard InChI is InChI=1S/C18H14ClFN4O/c1-11-5-6-14(10-15(11)19)21-17-8-7-16(23-24-17)18(25)22-13-4-2-3-12(20)9-13/h2-10H,1H3,(H,21,24)(H,22,25). The SMILES string of the molecule is Cc1ccc(Nc2ccc(C(=O)Nc3cccc(F)c3)nn2)cc1Cl. The van der Waals surface area contributed by atoms with Crippen LogP contribution in [-0.2, 0) is 0 Å². The van der Waals surface area contributed by atoms with E-state index in [1.807, 2.05) is 19.1 Å². The van der Waals surface area contributed by atoms with E-state index in [2.05, 4.69) is 20.8 Å². The minimum absolute atomic E-state index is 0.122. The van der Waals surface area contributed by atoms with Crippen LogP contribution in [0.1, 0.15) is 16.1 Å². The molecule has 0 bridgehead atoms. The molecule has 0 unspecified atom stereocenters. The minimum Gasteiger partial charge on any atom is -0.339 e. The van der Waals surface area contributed by atoms with E-state index in [1.165, 1.54) is 24.3 Å². The minimum atomic E-state index is -0.469. The van der Waals surface area contributed by atoms with Crippen molar-refractivity contribution >= 4 is 34.7 Å². The lowest BCUT2D eigenvalue weighted by atomic mass is 10.2. The maximum atomic E-state index is 13.1. The van der Waals surface area contributed by atoms with E-state index < -0.39 is 11.7 Å². The van der Waals surface area contributed by atoms with Gasteiger partial charge in [-0.25, -0.2) is 4.39 Å². The van der Waals surface area contributed by atoms with Gasteiger partial charge in [0.2, 0.25) is 0 Å². The van der Waals surface area contributed by atoms with E-state index in [-0.39, 0.29) is 5.69 Å². The molecule has 0 saturated carbocycles. The quantitative estimate of drug-likeness (QED) is 0.718. The molecular weight excluding hydrogens is 343 g/mol. The average molecular weight is 357 g/mol. The Morgan fingerprint density at radius 3 is 2.56 bits per heavy atom. The second kappa shape index (κ2) is 7.27. The molecule has 5 nitrogen and oxygen atoms in total. The Hall–Kier alpha value is -2.99. The first kappa shape index (κ1) is 16.9. The number of aryl methyl sites for hydroxylation is 1. The molecule has 2 aromatic carbocycles. The first-order valence-corrected chi connectivity index (χ1v) is 7.83. The molecule has 0 aliphatic heterocycles. The van der Waals surface area contributed by atoms with Crippen LogP contribution in [0.3, 0.4) is 0 Å². The smallest absolute Gasteiger partial charge is 0.276 e. The van der Waals surface area contributed by atoms with Gasteiger partial charge in [-0.15, -0.1) is 10.2 Å². The van der Waals surface area contributed by atoms with Gasteiger partial charge in [0, 0.05) is 16.4 Å². The van der Waals surface area contributed by atoms with Crippen LogP contribution in [0.2, 0.25) is 5.02 Å². The molecule has 0 saturated heterocycles. The first-order chi connectivity index (χ1) is 12.0. The van der Waals surface area contributed by atoms with Crippen molar-refractivity contribution < 1.29 is 9.18 Å². The fourth-order valence-electron chi connectivity index (χ4n) is 2.10. The van der Waals surface area contributed by atoms with Crippen molar-refractivity contribution in [1.29, 1.82) is 0 Å². The Morgan fingerprint density at radius 1 is 1.04 bits per heavy atom. The molecule has 7 heteroatoms. The van der Waals surface area contributed by atoms with Crippen LogP contribution in [0.25, 0.3) is 0 Å². The Morgan fingerprint density at radius 2 is 1.88 bits per heavy atom. The lowest BCUT2D eigenvalue weighted by Crippen LogP contribution is -2.14. The maximum absolute atomic E-state index is 13.1. The van der Waals surface area contributed by atoms with Gasteiger partial charge in [-0.1, -0.05) is 23.7 Å². The monoisotopic (exact) mass is 356 g/mol. The number of carbonyl (C=O) groups is 1. The zero-order chi connectivity index (χ0) is 17.8. The molecule has 25 heavy (non-hydrogen) atoms. The van der Waals surface area contributed by atoms with Crippen molar-refractivity contribution in [2.45, 2.75) is 6.92 Å². The predicted molar refractivity (Wildman–Crippen MR) is 95.9 cm³/mol. The summed E-state index contributed by atoms with van der Waals surface area (Å²) in [6.07, 6.45) is 0. The highest BCUT2D eigenvalue weighted by Gasteiger charge is 2.09. The number of hydrogen-bond donors (Lipinski definition) is 2. The lowest BCUT2D eigenvalue weighted by Gasteiger charge is -2.08. The second-order valence-electron chi connectivity index (χ2n) is 5.36. The molecular formula is C18H14ClFN4O. The number of benzene rings is 2.